The smallest absolute Gasteiger partial charge is 0.417 e. The fraction of sp³-hybridized carbons (Fsp3) is 0.0870. The number of nitrogens with one attached hydrogen (secondary N) is 1. The fourth-order valence-electron chi connectivity index (χ4n) is 3.18. The minimum absolute atomic E-state index is 0.274. The number of benzene rings is 2. The van der Waals surface area contributed by atoms with Gasteiger partial charge < -0.3 is 10.1 Å². The molecule has 4 aromatic rings. The Labute approximate surface area is 175 Å². The molecule has 0 radical (unpaired) electrons. The van der Waals surface area contributed by atoms with Crippen LogP contribution in [0, 0.1) is 6.92 Å². The third-order valence-electron chi connectivity index (χ3n) is 4.61. The van der Waals surface area contributed by atoms with E-state index in [-0.39, 0.29) is 5.69 Å². The molecule has 0 unspecified atom stereocenters. The molecule has 0 saturated carbocycles. The highest BCUT2D eigenvalue weighted by Crippen LogP contribution is 2.36. The highest BCUT2D eigenvalue weighted by atomic mass is 19.4. The number of aryl methyl sites for hydroxylation is 1. The summed E-state index contributed by atoms with van der Waals surface area (Å²) in [6, 6.07) is 13.1. The maximum atomic E-state index is 13.3. The number of anilines is 1. The van der Waals surface area contributed by atoms with Crippen LogP contribution in [-0.2, 0) is 6.18 Å². The van der Waals surface area contributed by atoms with Gasteiger partial charge in [-0.1, -0.05) is 18.2 Å². The molecule has 1 amide bonds. The van der Waals surface area contributed by atoms with E-state index in [1.807, 2.05) is 6.92 Å². The normalized spacial score (nSPS) is 11.4. The minimum atomic E-state index is -4.65. The number of ether oxygens (including phenoxy) is 1. The maximum Gasteiger partial charge on any atom is 0.417 e. The third-order valence-corrected chi connectivity index (χ3v) is 4.61. The first kappa shape index (κ1) is 20.3. The maximum absolute atomic E-state index is 13.3. The first-order chi connectivity index (χ1) is 14.8. The van der Waals surface area contributed by atoms with Gasteiger partial charge in [0.2, 0.25) is 0 Å². The van der Waals surface area contributed by atoms with Gasteiger partial charge in [0, 0.05) is 23.3 Å². The summed E-state index contributed by atoms with van der Waals surface area (Å²) in [5.74, 6) is 0.161. The van der Waals surface area contributed by atoms with E-state index >= 15 is 0 Å². The van der Waals surface area contributed by atoms with Gasteiger partial charge in [0.25, 0.3) is 5.91 Å². The van der Waals surface area contributed by atoms with Crippen LogP contribution in [0.4, 0.5) is 18.9 Å². The summed E-state index contributed by atoms with van der Waals surface area (Å²) in [5.41, 5.74) is -0.0503. The molecular weight excluding hydrogens is 407 g/mol. The molecule has 156 valence electrons. The van der Waals surface area contributed by atoms with Gasteiger partial charge in [-0.25, -0.2) is 0 Å². The summed E-state index contributed by atoms with van der Waals surface area (Å²) in [4.78, 5) is 21.1. The molecule has 0 aliphatic heterocycles. The average Bonchev–Trinajstić information content (AvgIpc) is 2.76. The van der Waals surface area contributed by atoms with Crippen molar-refractivity contribution in [2.75, 3.05) is 5.32 Å². The first-order valence-corrected chi connectivity index (χ1v) is 9.28. The Hall–Kier alpha value is -3.94. The number of fused-ring (bicyclic) bond motifs is 1. The summed E-state index contributed by atoms with van der Waals surface area (Å²) >= 11 is 0. The number of carbonyl (C=O) groups is 1. The monoisotopic (exact) mass is 423 g/mol. The van der Waals surface area contributed by atoms with E-state index in [4.69, 9.17) is 4.74 Å². The second-order valence-electron chi connectivity index (χ2n) is 6.76. The zero-order valence-corrected chi connectivity index (χ0v) is 16.3. The summed E-state index contributed by atoms with van der Waals surface area (Å²) < 4.78 is 45.8. The molecule has 0 aliphatic rings. The summed E-state index contributed by atoms with van der Waals surface area (Å²) in [5, 5.41) is 3.16. The fourth-order valence-corrected chi connectivity index (χ4v) is 3.18. The third kappa shape index (κ3) is 4.18. The summed E-state index contributed by atoms with van der Waals surface area (Å²) in [6.45, 7) is 1.82. The van der Waals surface area contributed by atoms with Gasteiger partial charge in [0.1, 0.15) is 11.5 Å². The van der Waals surface area contributed by atoms with E-state index in [1.54, 1.807) is 48.9 Å². The van der Waals surface area contributed by atoms with Crippen molar-refractivity contribution in [3.05, 3.63) is 89.9 Å². The number of pyridine rings is 2. The van der Waals surface area contributed by atoms with Gasteiger partial charge >= 0.3 is 6.18 Å². The van der Waals surface area contributed by atoms with E-state index in [0.29, 0.717) is 22.4 Å². The van der Waals surface area contributed by atoms with Gasteiger partial charge in [0.15, 0.2) is 0 Å². The van der Waals surface area contributed by atoms with Crippen molar-refractivity contribution in [3.8, 4) is 11.5 Å². The van der Waals surface area contributed by atoms with Crippen molar-refractivity contribution in [2.45, 2.75) is 13.1 Å². The number of rotatable bonds is 4. The Balaban J connectivity index is 1.73. The van der Waals surface area contributed by atoms with Crippen molar-refractivity contribution in [1.82, 2.24) is 9.97 Å². The highest BCUT2D eigenvalue weighted by molar-refractivity contribution is 6.09. The molecule has 2 aromatic carbocycles. The molecule has 1 N–H and O–H groups in total. The van der Waals surface area contributed by atoms with E-state index in [0.717, 1.165) is 17.7 Å². The van der Waals surface area contributed by atoms with Crippen LogP contribution in [0.2, 0.25) is 0 Å². The first-order valence-electron chi connectivity index (χ1n) is 9.28. The van der Waals surface area contributed by atoms with E-state index in [9.17, 15) is 18.0 Å². The zero-order valence-electron chi connectivity index (χ0n) is 16.3. The quantitative estimate of drug-likeness (QED) is 0.437. The number of nitrogens with zero attached hydrogens (tertiary/aromatic N) is 2. The molecular formula is C23H16F3N3O2. The van der Waals surface area contributed by atoms with Gasteiger partial charge in [-0.3, -0.25) is 14.8 Å². The van der Waals surface area contributed by atoms with Crippen LogP contribution in [0.25, 0.3) is 10.9 Å². The average molecular weight is 423 g/mol. The van der Waals surface area contributed by atoms with Crippen molar-refractivity contribution < 1.29 is 22.7 Å². The van der Waals surface area contributed by atoms with Crippen molar-refractivity contribution in [1.29, 1.82) is 0 Å². The van der Waals surface area contributed by atoms with Crippen LogP contribution >= 0.6 is 0 Å². The highest BCUT2D eigenvalue weighted by Gasteiger charge is 2.35. The standard InChI is InChI=1S/C23H16F3N3O2/c1-14-12-28-20-17(21(14)31-15-6-5-11-27-13-15)8-4-10-19(20)29-22(30)16-7-2-3-9-18(16)23(24,25)26/h2-13H,1H3,(H,29,30). The Bertz CT molecular complexity index is 1260. The number of halogens is 3. The molecule has 2 aromatic heterocycles. The lowest BCUT2D eigenvalue weighted by atomic mass is 10.1. The molecule has 0 fully saturated rings. The molecule has 0 spiro atoms. The molecule has 0 aliphatic carbocycles. The van der Waals surface area contributed by atoms with E-state index in [1.165, 1.54) is 12.1 Å². The van der Waals surface area contributed by atoms with Crippen molar-refractivity contribution >= 4 is 22.5 Å². The lowest BCUT2D eigenvalue weighted by Crippen LogP contribution is -2.18. The molecule has 2 heterocycles. The zero-order chi connectivity index (χ0) is 22.0. The minimum Gasteiger partial charge on any atom is -0.455 e. The Morgan fingerprint density at radius 2 is 1.81 bits per heavy atom. The van der Waals surface area contributed by atoms with Gasteiger partial charge in [0.05, 0.1) is 28.5 Å². The van der Waals surface area contributed by atoms with Crippen LogP contribution in [-0.4, -0.2) is 15.9 Å². The van der Waals surface area contributed by atoms with E-state index < -0.39 is 23.2 Å². The van der Waals surface area contributed by atoms with Crippen molar-refractivity contribution in [2.24, 2.45) is 0 Å². The van der Waals surface area contributed by atoms with Crippen LogP contribution in [0.3, 0.4) is 0 Å². The largest absolute Gasteiger partial charge is 0.455 e. The van der Waals surface area contributed by atoms with Crippen LogP contribution < -0.4 is 10.1 Å². The van der Waals surface area contributed by atoms with Gasteiger partial charge in [-0.2, -0.15) is 13.2 Å². The van der Waals surface area contributed by atoms with Crippen LogP contribution in [0.15, 0.2) is 73.2 Å². The number of aromatic nitrogens is 2. The number of para-hydroxylation sites is 1. The molecule has 31 heavy (non-hydrogen) atoms. The number of alkyl halides is 3. The number of hydrogen-bond donors (Lipinski definition) is 1. The second-order valence-corrected chi connectivity index (χ2v) is 6.76. The number of carbonyl (C=O) groups excluding carboxylic acids is 1. The van der Waals surface area contributed by atoms with Crippen LogP contribution in [0.5, 0.6) is 11.5 Å². The Kier molecular flexibility index (Phi) is 5.29. The molecule has 0 atom stereocenters. The number of amides is 1. The van der Waals surface area contributed by atoms with E-state index in [2.05, 4.69) is 15.3 Å². The lowest BCUT2D eigenvalue weighted by molar-refractivity contribution is -0.137. The second kappa shape index (κ2) is 8.06. The molecule has 0 bridgehead atoms. The van der Waals surface area contributed by atoms with Crippen molar-refractivity contribution in [3.63, 3.8) is 0 Å². The molecule has 8 heteroatoms. The molecule has 5 nitrogen and oxygen atoms in total. The predicted molar refractivity (Wildman–Crippen MR) is 110 cm³/mol. The van der Waals surface area contributed by atoms with Gasteiger partial charge in [-0.15, -0.1) is 0 Å². The molecule has 4 rings (SSSR count). The Morgan fingerprint density at radius 1 is 1.00 bits per heavy atom. The van der Waals surface area contributed by atoms with Crippen LogP contribution in [0.1, 0.15) is 21.5 Å². The Morgan fingerprint density at radius 3 is 2.55 bits per heavy atom. The number of hydrogen-bond acceptors (Lipinski definition) is 4. The predicted octanol–water partition coefficient (Wildman–Crippen LogP) is 6.00. The summed E-state index contributed by atoms with van der Waals surface area (Å²) in [6.07, 6.45) is 0.113. The lowest BCUT2D eigenvalue weighted by Gasteiger charge is -2.15. The summed E-state index contributed by atoms with van der Waals surface area (Å²) in [7, 11) is 0. The molecule has 0 saturated heterocycles. The van der Waals surface area contributed by atoms with Gasteiger partial charge in [-0.05, 0) is 43.3 Å². The topological polar surface area (TPSA) is 64.1 Å². The SMILES string of the molecule is Cc1cnc2c(NC(=O)c3ccccc3C(F)(F)F)cccc2c1Oc1cccnc1.